The van der Waals surface area contributed by atoms with Crippen molar-refractivity contribution in [1.29, 1.82) is 0 Å². The van der Waals surface area contributed by atoms with Gasteiger partial charge in [0.2, 0.25) is 5.91 Å². The van der Waals surface area contributed by atoms with Gasteiger partial charge in [0.05, 0.1) is 5.69 Å². The number of aryl methyl sites for hydroxylation is 1. The van der Waals surface area contributed by atoms with Crippen LogP contribution in [0.15, 0.2) is 52.3 Å². The van der Waals surface area contributed by atoms with E-state index in [0.717, 1.165) is 22.6 Å². The van der Waals surface area contributed by atoms with Gasteiger partial charge in [0.25, 0.3) is 5.91 Å². The van der Waals surface area contributed by atoms with Gasteiger partial charge in [-0.1, -0.05) is 49.2 Å². The van der Waals surface area contributed by atoms with Gasteiger partial charge in [0.1, 0.15) is 0 Å². The summed E-state index contributed by atoms with van der Waals surface area (Å²) in [6, 6.07) is 14.0. The van der Waals surface area contributed by atoms with Gasteiger partial charge in [0, 0.05) is 28.3 Å². The maximum absolute atomic E-state index is 12.8. The van der Waals surface area contributed by atoms with E-state index < -0.39 is 0 Å². The predicted octanol–water partition coefficient (Wildman–Crippen LogP) is 5.41. The minimum absolute atomic E-state index is 0.0720. The predicted molar refractivity (Wildman–Crippen MR) is 115 cm³/mol. The summed E-state index contributed by atoms with van der Waals surface area (Å²) < 4.78 is 0. The lowest BCUT2D eigenvalue weighted by atomic mass is 9.86. The molecule has 148 valence electrons. The molecule has 0 aromatic heterocycles. The Labute approximate surface area is 171 Å². The van der Waals surface area contributed by atoms with Crippen LogP contribution in [0.3, 0.4) is 0 Å². The minimum atomic E-state index is -0.149. The molecule has 2 unspecified atom stereocenters. The molecule has 2 atom stereocenters. The van der Waals surface area contributed by atoms with Crippen molar-refractivity contribution >= 4 is 29.3 Å². The van der Waals surface area contributed by atoms with Crippen molar-refractivity contribution in [2.24, 2.45) is 5.92 Å². The first-order valence-electron chi connectivity index (χ1n) is 9.89. The van der Waals surface area contributed by atoms with Crippen molar-refractivity contribution in [3.63, 3.8) is 0 Å². The third-order valence-electron chi connectivity index (χ3n) is 5.23. The van der Waals surface area contributed by atoms with Crippen LogP contribution < -0.4 is 10.6 Å². The number of hydrogen-bond acceptors (Lipinski definition) is 3. The molecule has 2 N–H and O–H groups in total. The standard InChI is InChI=1S/C23H28N2O2S/c1-15-8-11-19(12-9-15)28-22-13-10-18(14-21(22)24-17(3)26)23(27)25-20-7-5-4-6-16(20)2/h8-14,16,20H,4-7H2,1-3H3,(H,24,26)(H,25,27). The first-order chi connectivity index (χ1) is 13.4. The van der Waals surface area contributed by atoms with E-state index in [1.54, 1.807) is 17.8 Å². The first kappa shape index (κ1) is 20.5. The summed E-state index contributed by atoms with van der Waals surface area (Å²) in [6.07, 6.45) is 4.60. The molecule has 1 saturated carbocycles. The molecule has 4 nitrogen and oxygen atoms in total. The van der Waals surface area contributed by atoms with Gasteiger partial charge in [-0.15, -0.1) is 0 Å². The van der Waals surface area contributed by atoms with Crippen LogP contribution >= 0.6 is 11.8 Å². The molecule has 0 bridgehead atoms. The van der Waals surface area contributed by atoms with Gasteiger partial charge >= 0.3 is 0 Å². The van der Waals surface area contributed by atoms with E-state index in [0.29, 0.717) is 17.2 Å². The lowest BCUT2D eigenvalue weighted by Gasteiger charge is -2.29. The van der Waals surface area contributed by atoms with Crippen LogP contribution in [0.25, 0.3) is 0 Å². The molecule has 0 aliphatic heterocycles. The molecule has 0 radical (unpaired) electrons. The Morgan fingerprint density at radius 3 is 2.43 bits per heavy atom. The number of rotatable bonds is 5. The summed E-state index contributed by atoms with van der Waals surface area (Å²) in [4.78, 5) is 26.5. The van der Waals surface area contributed by atoms with E-state index in [2.05, 4.69) is 48.7 Å². The topological polar surface area (TPSA) is 58.2 Å². The number of anilines is 1. The van der Waals surface area contributed by atoms with Crippen LogP contribution in [0.2, 0.25) is 0 Å². The summed E-state index contributed by atoms with van der Waals surface area (Å²) in [6.45, 7) is 5.74. The van der Waals surface area contributed by atoms with Crippen LogP contribution in [-0.4, -0.2) is 17.9 Å². The van der Waals surface area contributed by atoms with Crippen LogP contribution in [-0.2, 0) is 4.79 Å². The Morgan fingerprint density at radius 2 is 1.75 bits per heavy atom. The van der Waals surface area contributed by atoms with Gasteiger partial charge < -0.3 is 10.6 Å². The molecule has 28 heavy (non-hydrogen) atoms. The molecular formula is C23H28N2O2S. The lowest BCUT2D eigenvalue weighted by molar-refractivity contribution is -0.114. The molecule has 0 heterocycles. The zero-order valence-corrected chi connectivity index (χ0v) is 17.6. The average molecular weight is 397 g/mol. The highest BCUT2D eigenvalue weighted by molar-refractivity contribution is 7.99. The zero-order chi connectivity index (χ0) is 20.1. The Morgan fingerprint density at radius 1 is 1.04 bits per heavy atom. The van der Waals surface area contributed by atoms with Gasteiger partial charge in [-0.3, -0.25) is 9.59 Å². The van der Waals surface area contributed by atoms with Crippen LogP contribution in [0, 0.1) is 12.8 Å². The molecule has 1 fully saturated rings. The van der Waals surface area contributed by atoms with Crippen molar-refractivity contribution in [3.8, 4) is 0 Å². The fraction of sp³-hybridized carbons (Fsp3) is 0.391. The second kappa shape index (κ2) is 9.28. The number of nitrogens with one attached hydrogen (secondary N) is 2. The number of hydrogen-bond donors (Lipinski definition) is 2. The summed E-state index contributed by atoms with van der Waals surface area (Å²) in [5, 5.41) is 6.06. The zero-order valence-electron chi connectivity index (χ0n) is 16.7. The molecule has 5 heteroatoms. The van der Waals surface area contributed by atoms with E-state index >= 15 is 0 Å². The third-order valence-corrected chi connectivity index (χ3v) is 6.31. The van der Waals surface area contributed by atoms with Gasteiger partial charge in [-0.25, -0.2) is 0 Å². The van der Waals surface area contributed by atoms with Crippen molar-refractivity contribution in [3.05, 3.63) is 53.6 Å². The highest BCUT2D eigenvalue weighted by Gasteiger charge is 2.23. The molecule has 1 aliphatic rings. The second-order valence-electron chi connectivity index (χ2n) is 7.65. The largest absolute Gasteiger partial charge is 0.349 e. The highest BCUT2D eigenvalue weighted by atomic mass is 32.2. The normalized spacial score (nSPS) is 19.1. The van der Waals surface area contributed by atoms with Crippen LogP contribution in [0.1, 0.15) is 55.5 Å². The molecule has 2 amide bonds. The number of benzene rings is 2. The Balaban J connectivity index is 1.79. The molecule has 0 spiro atoms. The third kappa shape index (κ3) is 5.38. The van der Waals surface area contributed by atoms with Crippen molar-refractivity contribution in [2.75, 3.05) is 5.32 Å². The van der Waals surface area contributed by atoms with E-state index in [4.69, 9.17) is 0 Å². The number of carbonyl (C=O) groups excluding carboxylic acids is 2. The van der Waals surface area contributed by atoms with Crippen molar-refractivity contribution in [1.82, 2.24) is 5.32 Å². The van der Waals surface area contributed by atoms with Crippen molar-refractivity contribution in [2.45, 2.75) is 62.3 Å². The molecular weight excluding hydrogens is 368 g/mol. The summed E-state index contributed by atoms with van der Waals surface area (Å²) in [5.41, 5.74) is 2.45. The van der Waals surface area contributed by atoms with Gasteiger partial charge in [-0.05, 0) is 56.0 Å². The lowest BCUT2D eigenvalue weighted by Crippen LogP contribution is -2.41. The Kier molecular flexibility index (Phi) is 6.79. The van der Waals surface area contributed by atoms with Gasteiger partial charge in [0.15, 0.2) is 0 Å². The highest BCUT2D eigenvalue weighted by Crippen LogP contribution is 2.34. The SMILES string of the molecule is CC(=O)Nc1cc(C(=O)NC2CCCCC2C)ccc1Sc1ccc(C)cc1. The van der Waals surface area contributed by atoms with Crippen LogP contribution in [0.5, 0.6) is 0 Å². The van der Waals surface area contributed by atoms with E-state index in [1.165, 1.54) is 25.3 Å². The number of amides is 2. The smallest absolute Gasteiger partial charge is 0.251 e. The van der Waals surface area contributed by atoms with E-state index in [1.807, 2.05) is 12.1 Å². The molecule has 2 aromatic rings. The van der Waals surface area contributed by atoms with E-state index in [-0.39, 0.29) is 17.9 Å². The quantitative estimate of drug-likeness (QED) is 0.710. The molecule has 1 aliphatic carbocycles. The van der Waals surface area contributed by atoms with Crippen molar-refractivity contribution < 1.29 is 9.59 Å². The molecule has 3 rings (SSSR count). The minimum Gasteiger partial charge on any atom is -0.349 e. The van der Waals surface area contributed by atoms with E-state index in [9.17, 15) is 9.59 Å². The first-order valence-corrected chi connectivity index (χ1v) is 10.7. The fourth-order valence-electron chi connectivity index (χ4n) is 3.56. The average Bonchev–Trinajstić information content (AvgIpc) is 2.66. The summed E-state index contributed by atoms with van der Waals surface area (Å²) >= 11 is 1.57. The second-order valence-corrected chi connectivity index (χ2v) is 8.76. The number of carbonyl (C=O) groups is 2. The fourth-order valence-corrected chi connectivity index (χ4v) is 4.45. The van der Waals surface area contributed by atoms with Gasteiger partial charge in [-0.2, -0.15) is 0 Å². The Bertz CT molecular complexity index is 848. The summed E-state index contributed by atoms with van der Waals surface area (Å²) in [5.74, 6) is 0.283. The Hall–Kier alpha value is -2.27. The van der Waals surface area contributed by atoms with Crippen LogP contribution in [0.4, 0.5) is 5.69 Å². The molecule has 2 aromatic carbocycles. The monoisotopic (exact) mass is 396 g/mol. The molecule has 0 saturated heterocycles. The summed E-state index contributed by atoms with van der Waals surface area (Å²) in [7, 11) is 0. The maximum Gasteiger partial charge on any atom is 0.251 e. The maximum atomic E-state index is 12.8.